The summed E-state index contributed by atoms with van der Waals surface area (Å²) in [4.78, 5) is 0. The molecule has 0 atom stereocenters. The number of fused-ring (bicyclic) bond motifs is 9. The Morgan fingerprint density at radius 1 is 0.465 bits per heavy atom. The van der Waals surface area contributed by atoms with Crippen LogP contribution in [0.4, 0.5) is 0 Å². The van der Waals surface area contributed by atoms with E-state index in [4.69, 9.17) is 20.3 Å². The summed E-state index contributed by atoms with van der Waals surface area (Å²) in [5.74, 6) is 1.55. The molecule has 0 unspecified atom stereocenters. The van der Waals surface area contributed by atoms with Gasteiger partial charge in [-0.15, -0.1) is 0 Å². The molecule has 1 heterocycles. The summed E-state index contributed by atoms with van der Waals surface area (Å²) in [6, 6.07) is 49.1. The lowest BCUT2D eigenvalue weighted by molar-refractivity contribution is 0.438. The molecule has 4 nitrogen and oxygen atoms in total. The highest BCUT2D eigenvalue weighted by Crippen LogP contribution is 2.63. The van der Waals surface area contributed by atoms with Crippen molar-refractivity contribution in [1.82, 2.24) is 0 Å². The van der Waals surface area contributed by atoms with Crippen LogP contribution < -0.4 is 4.74 Å². The van der Waals surface area contributed by atoms with Crippen LogP contribution in [0.1, 0.15) is 33.4 Å². The Hall–Kier alpha value is -5.74. The molecule has 204 valence electrons. The second kappa shape index (κ2) is 9.68. The molecule has 6 aromatic rings. The van der Waals surface area contributed by atoms with Crippen molar-refractivity contribution in [1.29, 1.82) is 10.8 Å². The fraction of sp³-hybridized carbons (Fsp3) is 0.0256. The molecule has 1 spiro atoms. The Labute approximate surface area is 249 Å². The summed E-state index contributed by atoms with van der Waals surface area (Å²) in [7, 11) is 0. The molecule has 4 heteroatoms. The van der Waals surface area contributed by atoms with Crippen molar-refractivity contribution >= 4 is 11.8 Å². The van der Waals surface area contributed by atoms with Gasteiger partial charge < -0.3 is 9.47 Å². The average molecular weight is 555 g/mol. The largest absolute Gasteiger partial charge is 0.456 e. The minimum Gasteiger partial charge on any atom is -0.456 e. The van der Waals surface area contributed by atoms with Crippen molar-refractivity contribution in [3.8, 4) is 33.8 Å². The molecule has 0 saturated carbocycles. The third-order valence-electron chi connectivity index (χ3n) is 8.57. The molecule has 0 fully saturated rings. The molecule has 2 aliphatic rings. The zero-order chi connectivity index (χ0) is 29.0. The van der Waals surface area contributed by atoms with Gasteiger partial charge in [0.05, 0.1) is 5.41 Å². The third-order valence-corrected chi connectivity index (χ3v) is 8.57. The highest BCUT2D eigenvalue weighted by atomic mass is 16.5. The Kier molecular flexibility index (Phi) is 5.63. The van der Waals surface area contributed by atoms with E-state index >= 15 is 0 Å². The summed E-state index contributed by atoms with van der Waals surface area (Å²) in [6.45, 7) is 0. The van der Waals surface area contributed by atoms with Gasteiger partial charge in [0.15, 0.2) is 0 Å². The first-order chi connectivity index (χ1) is 21.2. The van der Waals surface area contributed by atoms with Gasteiger partial charge in [-0.25, -0.2) is 0 Å². The summed E-state index contributed by atoms with van der Waals surface area (Å²) in [5, 5.41) is 16.7. The Bertz CT molecular complexity index is 2020. The SMILES string of the molecule is N=C(OC(=N)c1ccc(-c2cccc3c2Oc2ccccc2C32c3ccccc3-c3ccccc32)cc1)c1ccccc1. The summed E-state index contributed by atoms with van der Waals surface area (Å²) in [5.41, 5.74) is 9.91. The van der Waals surface area contributed by atoms with E-state index in [9.17, 15) is 0 Å². The maximum atomic E-state index is 8.48. The minimum absolute atomic E-state index is 0.0544. The van der Waals surface area contributed by atoms with Crippen LogP contribution in [0.15, 0.2) is 146 Å². The van der Waals surface area contributed by atoms with E-state index in [1.54, 1.807) is 12.1 Å². The molecule has 0 saturated heterocycles. The minimum atomic E-state index is -0.513. The molecule has 0 bridgehead atoms. The van der Waals surface area contributed by atoms with Gasteiger partial charge in [0.25, 0.3) is 0 Å². The number of hydrogen-bond donors (Lipinski definition) is 2. The van der Waals surface area contributed by atoms with E-state index in [-0.39, 0.29) is 11.8 Å². The van der Waals surface area contributed by atoms with Crippen LogP contribution >= 0.6 is 0 Å². The van der Waals surface area contributed by atoms with Gasteiger partial charge >= 0.3 is 0 Å². The predicted octanol–water partition coefficient (Wildman–Crippen LogP) is 9.19. The van der Waals surface area contributed by atoms with Crippen LogP contribution in [0.5, 0.6) is 11.5 Å². The monoisotopic (exact) mass is 554 g/mol. The molecule has 1 aliphatic carbocycles. The molecular formula is C39H26N2O2. The fourth-order valence-electron chi connectivity index (χ4n) is 6.72. The van der Waals surface area contributed by atoms with E-state index in [2.05, 4.69) is 84.9 Å². The molecule has 6 aromatic carbocycles. The summed E-state index contributed by atoms with van der Waals surface area (Å²) < 4.78 is 12.3. The number of rotatable bonds is 3. The van der Waals surface area contributed by atoms with Crippen molar-refractivity contribution in [2.45, 2.75) is 5.41 Å². The third kappa shape index (κ3) is 3.70. The molecule has 0 amide bonds. The Morgan fingerprint density at radius 2 is 0.977 bits per heavy atom. The second-order valence-electron chi connectivity index (χ2n) is 10.8. The summed E-state index contributed by atoms with van der Waals surface area (Å²) in [6.07, 6.45) is 0. The predicted molar refractivity (Wildman–Crippen MR) is 170 cm³/mol. The van der Waals surface area contributed by atoms with E-state index in [1.807, 2.05) is 48.5 Å². The van der Waals surface area contributed by atoms with E-state index in [0.717, 1.165) is 33.8 Å². The van der Waals surface area contributed by atoms with Gasteiger partial charge in [-0.05, 0) is 58.1 Å². The molecule has 43 heavy (non-hydrogen) atoms. The van der Waals surface area contributed by atoms with Crippen LogP contribution in [0, 0.1) is 10.8 Å². The van der Waals surface area contributed by atoms with Gasteiger partial charge in [-0.1, -0.05) is 115 Å². The van der Waals surface area contributed by atoms with Crippen molar-refractivity contribution in [3.63, 3.8) is 0 Å². The fourth-order valence-corrected chi connectivity index (χ4v) is 6.72. The number of para-hydroxylation sites is 2. The molecular weight excluding hydrogens is 528 g/mol. The van der Waals surface area contributed by atoms with Crippen molar-refractivity contribution in [2.24, 2.45) is 0 Å². The van der Waals surface area contributed by atoms with Crippen LogP contribution in [0.25, 0.3) is 22.3 Å². The van der Waals surface area contributed by atoms with E-state index < -0.39 is 5.41 Å². The van der Waals surface area contributed by atoms with Gasteiger partial charge in [0.1, 0.15) is 11.5 Å². The van der Waals surface area contributed by atoms with Crippen molar-refractivity contribution < 1.29 is 9.47 Å². The summed E-state index contributed by atoms with van der Waals surface area (Å²) >= 11 is 0. The smallest absolute Gasteiger partial charge is 0.221 e. The molecule has 2 N–H and O–H groups in total. The zero-order valence-electron chi connectivity index (χ0n) is 23.2. The number of benzene rings is 6. The molecule has 0 radical (unpaired) electrons. The lowest BCUT2D eigenvalue weighted by Crippen LogP contribution is -2.32. The highest BCUT2D eigenvalue weighted by Gasteiger charge is 2.51. The Balaban J connectivity index is 1.25. The maximum Gasteiger partial charge on any atom is 0.221 e. The van der Waals surface area contributed by atoms with Crippen molar-refractivity contribution in [3.05, 3.63) is 179 Å². The highest BCUT2D eigenvalue weighted by molar-refractivity contribution is 6.05. The first-order valence-corrected chi connectivity index (χ1v) is 14.3. The molecule has 8 rings (SSSR count). The van der Waals surface area contributed by atoms with Gasteiger partial charge in [0, 0.05) is 27.8 Å². The average Bonchev–Trinajstić information content (AvgIpc) is 3.36. The number of nitrogens with one attached hydrogen (secondary N) is 2. The van der Waals surface area contributed by atoms with Gasteiger partial charge in [-0.3, -0.25) is 10.8 Å². The quantitative estimate of drug-likeness (QED) is 0.169. The number of hydrogen-bond acceptors (Lipinski definition) is 4. The maximum absolute atomic E-state index is 8.48. The van der Waals surface area contributed by atoms with Gasteiger partial charge in [-0.2, -0.15) is 0 Å². The first kappa shape index (κ1) is 25.0. The van der Waals surface area contributed by atoms with Gasteiger partial charge in [0.2, 0.25) is 11.8 Å². The molecule has 0 aromatic heterocycles. The topological polar surface area (TPSA) is 66.2 Å². The standard InChI is InChI=1S/C39H26N2O2/c40-37(26-11-2-1-3-12-26)43-38(41)27-23-21-25(22-24-27)28-15-10-19-34-36(28)42-35-20-9-8-18-33(35)39(34)31-16-6-4-13-29(31)30-14-5-7-17-32(30)39/h1-24,40-41H. The Morgan fingerprint density at radius 3 is 1.65 bits per heavy atom. The normalized spacial score (nSPS) is 13.2. The first-order valence-electron chi connectivity index (χ1n) is 14.3. The van der Waals surface area contributed by atoms with E-state index in [0.29, 0.717) is 11.1 Å². The van der Waals surface area contributed by atoms with Crippen LogP contribution in [-0.4, -0.2) is 11.8 Å². The van der Waals surface area contributed by atoms with E-state index in [1.165, 1.54) is 22.3 Å². The zero-order valence-corrected chi connectivity index (χ0v) is 23.2. The lowest BCUT2D eigenvalue weighted by atomic mass is 9.65. The van der Waals surface area contributed by atoms with Crippen LogP contribution in [0.2, 0.25) is 0 Å². The van der Waals surface area contributed by atoms with Crippen molar-refractivity contribution in [2.75, 3.05) is 0 Å². The second-order valence-corrected chi connectivity index (χ2v) is 10.8. The molecule has 1 aliphatic heterocycles. The number of ether oxygens (including phenoxy) is 2. The van der Waals surface area contributed by atoms with Crippen LogP contribution in [-0.2, 0) is 10.2 Å². The lowest BCUT2D eigenvalue weighted by Gasteiger charge is -2.40. The van der Waals surface area contributed by atoms with Crippen LogP contribution in [0.3, 0.4) is 0 Å².